The Morgan fingerprint density at radius 2 is 2.12 bits per heavy atom. The summed E-state index contributed by atoms with van der Waals surface area (Å²) >= 11 is 0. The summed E-state index contributed by atoms with van der Waals surface area (Å²) in [7, 11) is 0. The molecule has 0 aliphatic heterocycles. The minimum atomic E-state index is -4.46. The van der Waals surface area contributed by atoms with Crippen LogP contribution in [-0.2, 0) is 11.0 Å². The SMILES string of the molecule is CC[C@H]1C(=O)C[C@@H](O)[C@@H]1C=C[C@@H](O)COc1cccc(C(F)(F)F)c1. The summed E-state index contributed by atoms with van der Waals surface area (Å²) in [6.07, 6.45) is -2.60. The van der Waals surface area contributed by atoms with E-state index >= 15 is 0 Å². The van der Waals surface area contributed by atoms with Crippen molar-refractivity contribution < 1.29 is 32.9 Å². The number of hydrogen-bond donors (Lipinski definition) is 2. The number of halogens is 3. The summed E-state index contributed by atoms with van der Waals surface area (Å²) in [5, 5.41) is 19.8. The van der Waals surface area contributed by atoms with Crippen molar-refractivity contribution in [3.8, 4) is 5.75 Å². The third-order valence-corrected chi connectivity index (χ3v) is 4.31. The van der Waals surface area contributed by atoms with Gasteiger partial charge in [0.1, 0.15) is 24.2 Å². The van der Waals surface area contributed by atoms with E-state index in [9.17, 15) is 28.2 Å². The van der Waals surface area contributed by atoms with E-state index in [1.54, 1.807) is 6.08 Å². The normalized spacial score (nSPS) is 25.5. The van der Waals surface area contributed by atoms with Crippen LogP contribution in [0, 0.1) is 11.8 Å². The lowest BCUT2D eigenvalue weighted by atomic mass is 9.91. The number of aliphatic hydroxyl groups excluding tert-OH is 2. The maximum atomic E-state index is 12.6. The van der Waals surface area contributed by atoms with Gasteiger partial charge in [-0.15, -0.1) is 0 Å². The van der Waals surface area contributed by atoms with Crippen LogP contribution in [0.25, 0.3) is 0 Å². The Labute approximate surface area is 143 Å². The topological polar surface area (TPSA) is 66.8 Å². The number of Topliss-reactive ketones (excluding diaryl/α,β-unsaturated/α-hetero) is 1. The van der Waals surface area contributed by atoms with Crippen molar-refractivity contribution in [2.24, 2.45) is 11.8 Å². The highest BCUT2D eigenvalue weighted by molar-refractivity contribution is 5.84. The smallest absolute Gasteiger partial charge is 0.416 e. The van der Waals surface area contributed by atoms with Gasteiger partial charge >= 0.3 is 6.18 Å². The Hall–Kier alpha value is -1.86. The van der Waals surface area contributed by atoms with Crippen LogP contribution in [0.2, 0.25) is 0 Å². The van der Waals surface area contributed by atoms with E-state index in [2.05, 4.69) is 0 Å². The fourth-order valence-electron chi connectivity index (χ4n) is 2.99. The largest absolute Gasteiger partial charge is 0.491 e. The van der Waals surface area contributed by atoms with E-state index in [0.717, 1.165) is 12.1 Å². The van der Waals surface area contributed by atoms with Crippen molar-refractivity contribution in [3.63, 3.8) is 0 Å². The van der Waals surface area contributed by atoms with E-state index in [0.29, 0.717) is 6.42 Å². The minimum absolute atomic E-state index is 0.000597. The quantitative estimate of drug-likeness (QED) is 0.768. The number of aliphatic hydroxyl groups is 2. The molecule has 1 aliphatic rings. The van der Waals surface area contributed by atoms with Gasteiger partial charge in [-0.05, 0) is 24.6 Å². The average Bonchev–Trinajstić information content (AvgIpc) is 2.83. The molecule has 2 rings (SSSR count). The van der Waals surface area contributed by atoms with Crippen molar-refractivity contribution in [2.75, 3.05) is 6.61 Å². The van der Waals surface area contributed by atoms with Crippen LogP contribution in [0.3, 0.4) is 0 Å². The lowest BCUT2D eigenvalue weighted by molar-refractivity contribution is -0.137. The standard InChI is InChI=1S/C18H21F3O4/c1-2-14-15(17(24)9-16(14)23)7-6-12(22)10-25-13-5-3-4-11(8-13)18(19,20)21/h3-8,12,14-15,17,22,24H,2,9-10H2,1H3/t12-,14-,15-,17-/m1/s1. The molecule has 0 saturated heterocycles. The highest BCUT2D eigenvalue weighted by Gasteiger charge is 2.38. The zero-order chi connectivity index (χ0) is 18.6. The Bertz CT molecular complexity index is 627. The van der Waals surface area contributed by atoms with Gasteiger partial charge < -0.3 is 14.9 Å². The van der Waals surface area contributed by atoms with E-state index in [1.165, 1.54) is 18.2 Å². The van der Waals surface area contributed by atoms with Crippen molar-refractivity contribution >= 4 is 5.78 Å². The van der Waals surface area contributed by atoms with E-state index in [1.807, 2.05) is 6.92 Å². The molecule has 4 nitrogen and oxygen atoms in total. The summed E-state index contributed by atoms with van der Waals surface area (Å²) in [5.74, 6) is -0.632. The van der Waals surface area contributed by atoms with Crippen LogP contribution in [0.15, 0.2) is 36.4 Å². The minimum Gasteiger partial charge on any atom is -0.491 e. The molecule has 1 aliphatic carbocycles. The second-order valence-corrected chi connectivity index (χ2v) is 6.12. The summed E-state index contributed by atoms with van der Waals surface area (Å²) in [4.78, 5) is 11.7. The average molecular weight is 358 g/mol. The fourth-order valence-corrected chi connectivity index (χ4v) is 2.99. The van der Waals surface area contributed by atoms with Gasteiger partial charge in [-0.2, -0.15) is 13.2 Å². The Morgan fingerprint density at radius 3 is 2.76 bits per heavy atom. The molecular weight excluding hydrogens is 337 g/mol. The number of carbonyl (C=O) groups excluding carboxylic acids is 1. The highest BCUT2D eigenvalue weighted by Crippen LogP contribution is 2.33. The van der Waals surface area contributed by atoms with Gasteiger partial charge in [-0.25, -0.2) is 0 Å². The molecule has 4 atom stereocenters. The molecule has 2 N–H and O–H groups in total. The van der Waals surface area contributed by atoms with E-state index < -0.39 is 23.9 Å². The molecule has 138 valence electrons. The first-order valence-electron chi connectivity index (χ1n) is 8.09. The molecule has 0 spiro atoms. The molecule has 7 heteroatoms. The van der Waals surface area contributed by atoms with E-state index in [4.69, 9.17) is 4.74 Å². The predicted octanol–water partition coefficient (Wildman–Crippen LogP) is 2.98. The van der Waals surface area contributed by atoms with Crippen LogP contribution in [-0.4, -0.2) is 34.8 Å². The van der Waals surface area contributed by atoms with Crippen molar-refractivity contribution in [1.82, 2.24) is 0 Å². The van der Waals surface area contributed by atoms with Crippen molar-refractivity contribution in [1.29, 1.82) is 0 Å². The van der Waals surface area contributed by atoms with Crippen LogP contribution in [0.4, 0.5) is 13.2 Å². The van der Waals surface area contributed by atoms with Gasteiger partial charge in [0.25, 0.3) is 0 Å². The monoisotopic (exact) mass is 358 g/mol. The Morgan fingerprint density at radius 1 is 1.40 bits per heavy atom. The Balaban J connectivity index is 1.92. The molecule has 0 heterocycles. The first-order valence-corrected chi connectivity index (χ1v) is 8.09. The first kappa shape index (κ1) is 19.5. The molecule has 0 aromatic heterocycles. The zero-order valence-electron chi connectivity index (χ0n) is 13.7. The third kappa shape index (κ3) is 5.06. The molecule has 0 bridgehead atoms. The van der Waals surface area contributed by atoms with Crippen LogP contribution < -0.4 is 4.74 Å². The van der Waals surface area contributed by atoms with Crippen molar-refractivity contribution in [3.05, 3.63) is 42.0 Å². The molecule has 1 aromatic carbocycles. The summed E-state index contributed by atoms with van der Waals surface area (Å²) in [6, 6.07) is 4.40. The maximum Gasteiger partial charge on any atom is 0.416 e. The van der Waals surface area contributed by atoms with Gasteiger partial charge in [-0.3, -0.25) is 4.79 Å². The molecular formula is C18H21F3O4. The predicted molar refractivity (Wildman–Crippen MR) is 85.0 cm³/mol. The molecule has 0 radical (unpaired) electrons. The first-order chi connectivity index (χ1) is 11.7. The van der Waals surface area contributed by atoms with Crippen LogP contribution in [0.5, 0.6) is 5.75 Å². The number of rotatable bonds is 6. The number of ether oxygens (including phenoxy) is 1. The molecule has 1 fully saturated rings. The Kier molecular flexibility index (Phi) is 6.24. The number of hydrogen-bond acceptors (Lipinski definition) is 4. The van der Waals surface area contributed by atoms with Gasteiger partial charge in [0.15, 0.2) is 0 Å². The molecule has 1 saturated carbocycles. The lowest BCUT2D eigenvalue weighted by Crippen LogP contribution is -2.20. The second-order valence-electron chi connectivity index (χ2n) is 6.12. The summed E-state index contributed by atoms with van der Waals surface area (Å²) < 4.78 is 43.1. The maximum absolute atomic E-state index is 12.6. The molecule has 0 amide bonds. The zero-order valence-corrected chi connectivity index (χ0v) is 13.7. The van der Waals surface area contributed by atoms with Crippen molar-refractivity contribution in [2.45, 2.75) is 38.1 Å². The third-order valence-electron chi connectivity index (χ3n) is 4.31. The van der Waals surface area contributed by atoms with Crippen LogP contribution in [0.1, 0.15) is 25.3 Å². The molecule has 0 unspecified atom stereocenters. The fraction of sp³-hybridized carbons (Fsp3) is 0.500. The van der Waals surface area contributed by atoms with Crippen LogP contribution >= 0.6 is 0 Å². The highest BCUT2D eigenvalue weighted by atomic mass is 19.4. The van der Waals surface area contributed by atoms with Gasteiger partial charge in [0, 0.05) is 18.3 Å². The van der Waals surface area contributed by atoms with Gasteiger partial charge in [0.2, 0.25) is 0 Å². The number of carbonyl (C=O) groups is 1. The lowest BCUT2D eigenvalue weighted by Gasteiger charge is -2.16. The van der Waals surface area contributed by atoms with Gasteiger partial charge in [0.05, 0.1) is 11.7 Å². The van der Waals surface area contributed by atoms with E-state index in [-0.39, 0.29) is 36.4 Å². The number of benzene rings is 1. The summed E-state index contributed by atoms with van der Waals surface area (Å²) in [6.45, 7) is 1.62. The number of alkyl halides is 3. The molecule has 1 aromatic rings. The summed E-state index contributed by atoms with van der Waals surface area (Å²) in [5.41, 5.74) is -0.826. The van der Waals surface area contributed by atoms with Gasteiger partial charge in [-0.1, -0.05) is 25.1 Å². The molecule has 25 heavy (non-hydrogen) atoms. The number of ketones is 1. The second kappa shape index (κ2) is 8.01.